The van der Waals surface area contributed by atoms with Gasteiger partial charge < -0.3 is 30.3 Å². The lowest BCUT2D eigenvalue weighted by Gasteiger charge is -2.23. The summed E-state index contributed by atoms with van der Waals surface area (Å²) in [6, 6.07) is 12.1. The summed E-state index contributed by atoms with van der Waals surface area (Å²) in [7, 11) is 1.45. The number of pyridine rings is 1. The van der Waals surface area contributed by atoms with E-state index >= 15 is 4.39 Å². The number of hydrogen-bond donors (Lipinski definition) is 3. The number of unbranched alkanes of at least 4 members (excludes halogenated alkanes) is 1. The Morgan fingerprint density at radius 3 is 2.62 bits per heavy atom. The molecule has 3 N–H and O–H groups in total. The first kappa shape index (κ1) is 35.8. The van der Waals surface area contributed by atoms with Crippen molar-refractivity contribution in [3.8, 4) is 17.2 Å². The number of halogens is 1. The fraction of sp³-hybridized carbons (Fsp3) is 0.417. The van der Waals surface area contributed by atoms with Gasteiger partial charge in [-0.05, 0) is 86.1 Å². The molecule has 0 unspecified atom stereocenters. The molecule has 3 heterocycles. The van der Waals surface area contributed by atoms with E-state index in [1.807, 2.05) is 18.3 Å². The molecule has 2 aliphatic rings. The lowest BCUT2D eigenvalue weighted by atomic mass is 10.1. The quantitative estimate of drug-likeness (QED) is 0.313. The minimum absolute atomic E-state index is 0.0136. The zero-order valence-corrected chi connectivity index (χ0v) is 27.6. The molecule has 5 rings (SSSR count). The van der Waals surface area contributed by atoms with Gasteiger partial charge in [0.15, 0.2) is 23.1 Å². The Morgan fingerprint density at radius 2 is 1.88 bits per heavy atom. The average molecular weight is 662 g/mol. The number of rotatable bonds is 7. The summed E-state index contributed by atoms with van der Waals surface area (Å²) in [6.45, 7) is 2.90. The average Bonchev–Trinajstić information content (AvgIpc) is 3.09. The van der Waals surface area contributed by atoms with Gasteiger partial charge in [-0.2, -0.15) is 0 Å². The molecule has 4 bridgehead atoms. The van der Waals surface area contributed by atoms with Gasteiger partial charge in [-0.1, -0.05) is 19.1 Å². The van der Waals surface area contributed by atoms with Gasteiger partial charge in [0, 0.05) is 57.0 Å². The van der Waals surface area contributed by atoms with Crippen molar-refractivity contribution in [3.05, 3.63) is 83.4 Å². The Bertz CT molecular complexity index is 1550. The van der Waals surface area contributed by atoms with E-state index in [1.165, 1.54) is 25.3 Å². The second-order valence-corrected chi connectivity index (χ2v) is 11.6. The Kier molecular flexibility index (Phi) is 13.7. The summed E-state index contributed by atoms with van der Waals surface area (Å²) in [5.41, 5.74) is 1.91. The third-order valence-electron chi connectivity index (χ3n) is 8.07. The van der Waals surface area contributed by atoms with Crippen molar-refractivity contribution in [2.75, 3.05) is 26.7 Å². The van der Waals surface area contributed by atoms with Gasteiger partial charge in [-0.3, -0.25) is 24.2 Å². The molecule has 1 atom stereocenters. The third kappa shape index (κ3) is 10.8. The maximum Gasteiger partial charge on any atom is 0.251 e. The molecule has 0 fully saturated rings. The van der Waals surface area contributed by atoms with Crippen LogP contribution in [0.2, 0.25) is 0 Å². The Morgan fingerprint density at radius 1 is 1.04 bits per heavy atom. The maximum absolute atomic E-state index is 15.0. The van der Waals surface area contributed by atoms with Crippen LogP contribution in [0.15, 0.2) is 60.9 Å². The van der Waals surface area contributed by atoms with E-state index in [4.69, 9.17) is 9.47 Å². The highest BCUT2D eigenvalue weighted by Gasteiger charge is 2.21. The van der Waals surface area contributed by atoms with Crippen LogP contribution in [0.3, 0.4) is 0 Å². The normalized spacial score (nSPS) is 16.7. The molecule has 0 radical (unpaired) electrons. The highest BCUT2D eigenvalue weighted by Crippen LogP contribution is 2.34. The zero-order valence-electron chi connectivity index (χ0n) is 27.6. The molecule has 48 heavy (non-hydrogen) atoms. The number of benzene rings is 2. The minimum Gasteiger partial charge on any atom is -0.493 e. The largest absolute Gasteiger partial charge is 0.493 e. The molecule has 12 heteroatoms. The highest BCUT2D eigenvalue weighted by molar-refractivity contribution is 5.95. The molecule has 0 spiro atoms. The number of nitrogens with one attached hydrogen (secondary N) is 3. The Hall–Kier alpha value is -5.00. The topological polar surface area (TPSA) is 139 Å². The molecule has 256 valence electrons. The summed E-state index contributed by atoms with van der Waals surface area (Å²) < 4.78 is 26.2. The van der Waals surface area contributed by atoms with Crippen molar-refractivity contribution in [2.24, 2.45) is 0 Å². The van der Waals surface area contributed by atoms with Crippen LogP contribution in [-0.4, -0.2) is 66.3 Å². The van der Waals surface area contributed by atoms with Gasteiger partial charge in [0.25, 0.3) is 5.91 Å². The van der Waals surface area contributed by atoms with E-state index in [2.05, 4.69) is 20.9 Å². The number of aromatic nitrogens is 1. The van der Waals surface area contributed by atoms with Gasteiger partial charge in [-0.15, -0.1) is 0 Å². The van der Waals surface area contributed by atoms with Crippen LogP contribution >= 0.6 is 0 Å². The van der Waals surface area contributed by atoms with Gasteiger partial charge >= 0.3 is 0 Å². The number of aryl methyl sites for hydroxylation is 1. The summed E-state index contributed by atoms with van der Waals surface area (Å²) in [4.78, 5) is 57.8. The van der Waals surface area contributed by atoms with Crippen LogP contribution in [0.25, 0.3) is 0 Å². The summed E-state index contributed by atoms with van der Waals surface area (Å²) in [5.74, 6) is -1.32. The van der Waals surface area contributed by atoms with Crippen molar-refractivity contribution < 1.29 is 33.0 Å². The second kappa shape index (κ2) is 18.4. The molecule has 11 nitrogen and oxygen atoms in total. The van der Waals surface area contributed by atoms with Gasteiger partial charge in [0.2, 0.25) is 17.7 Å². The Labute approximate surface area is 280 Å². The number of fused-ring (bicyclic) bond motifs is 16. The fourth-order valence-electron chi connectivity index (χ4n) is 5.36. The van der Waals surface area contributed by atoms with Crippen molar-refractivity contribution >= 4 is 23.6 Å². The van der Waals surface area contributed by atoms with Crippen molar-refractivity contribution in [1.82, 2.24) is 25.8 Å². The standard InChI is InChI=1S/C36H44FN5O6/c1-3-29-36(46)40-24-26-13-15-30(28(37)21-26)48-32-22-27(14-16-31(32)47-2)35(45)39-18-8-20-42(19-7-11-33(43)41-29)34(44)12-5-4-9-25-10-6-17-38-23-25/h6,10,13-17,21-23,29H,3-5,7-9,11-12,18-20,24H2,1-2H3,(H,39,45)(H,40,46)(H,41,43)/t29-/m0/s1. The lowest BCUT2D eigenvalue weighted by Crippen LogP contribution is -2.46. The molecular weight excluding hydrogens is 617 g/mol. The van der Waals surface area contributed by atoms with E-state index in [1.54, 1.807) is 36.2 Å². The molecule has 0 saturated carbocycles. The van der Waals surface area contributed by atoms with Crippen LogP contribution in [0.4, 0.5) is 4.39 Å². The molecule has 2 aromatic carbocycles. The van der Waals surface area contributed by atoms with Crippen LogP contribution in [-0.2, 0) is 27.3 Å². The van der Waals surface area contributed by atoms with E-state index < -0.39 is 11.9 Å². The maximum atomic E-state index is 15.0. The number of nitrogens with zero attached hydrogens (tertiary/aromatic N) is 2. The zero-order chi connectivity index (χ0) is 34.3. The first-order chi connectivity index (χ1) is 23.3. The summed E-state index contributed by atoms with van der Waals surface area (Å²) >= 11 is 0. The van der Waals surface area contributed by atoms with E-state index in [-0.39, 0.29) is 48.1 Å². The lowest BCUT2D eigenvalue weighted by molar-refractivity contribution is -0.132. The van der Waals surface area contributed by atoms with Crippen LogP contribution in [0.5, 0.6) is 17.2 Å². The number of carbonyl (C=O) groups excluding carboxylic acids is 4. The summed E-state index contributed by atoms with van der Waals surface area (Å²) in [6.07, 6.45) is 7.73. The number of hydrogen-bond acceptors (Lipinski definition) is 7. The number of carbonyl (C=O) groups is 4. The molecular formula is C36H44FN5O6. The summed E-state index contributed by atoms with van der Waals surface area (Å²) in [5, 5.41) is 8.40. The molecule has 2 aliphatic heterocycles. The number of ether oxygens (including phenoxy) is 2. The van der Waals surface area contributed by atoms with Crippen LogP contribution < -0.4 is 25.4 Å². The predicted octanol–water partition coefficient (Wildman–Crippen LogP) is 4.69. The smallest absolute Gasteiger partial charge is 0.251 e. The molecule has 1 aromatic heterocycles. The van der Waals surface area contributed by atoms with E-state index in [0.29, 0.717) is 68.6 Å². The van der Waals surface area contributed by atoms with E-state index in [0.717, 1.165) is 18.4 Å². The molecule has 4 amide bonds. The van der Waals surface area contributed by atoms with Crippen LogP contribution in [0.1, 0.15) is 73.4 Å². The Balaban J connectivity index is 1.46. The highest BCUT2D eigenvalue weighted by atomic mass is 19.1. The molecule has 0 aliphatic carbocycles. The van der Waals surface area contributed by atoms with Gasteiger partial charge in [0.05, 0.1) is 7.11 Å². The van der Waals surface area contributed by atoms with Crippen molar-refractivity contribution in [3.63, 3.8) is 0 Å². The first-order valence-electron chi connectivity index (χ1n) is 16.4. The van der Waals surface area contributed by atoms with Crippen molar-refractivity contribution in [1.29, 1.82) is 0 Å². The predicted molar refractivity (Wildman–Crippen MR) is 178 cm³/mol. The monoisotopic (exact) mass is 661 g/mol. The molecule has 3 aromatic rings. The minimum atomic E-state index is -0.757. The number of amides is 4. The third-order valence-corrected chi connectivity index (χ3v) is 8.07. The fourth-order valence-corrected chi connectivity index (χ4v) is 5.36. The van der Waals surface area contributed by atoms with Crippen molar-refractivity contribution in [2.45, 2.75) is 70.9 Å². The van der Waals surface area contributed by atoms with Gasteiger partial charge in [0.1, 0.15) is 6.04 Å². The first-order valence-corrected chi connectivity index (χ1v) is 16.4. The van der Waals surface area contributed by atoms with E-state index in [9.17, 15) is 19.2 Å². The SMILES string of the molecule is CC[C@@H]1NC(=O)CCCN(C(=O)CCCCc2cccnc2)CCCNC(=O)c2ccc(OC)c(c2)Oc2ccc(cc2F)CNC1=O. The second-order valence-electron chi connectivity index (χ2n) is 11.6. The van der Waals surface area contributed by atoms with Crippen LogP contribution in [0, 0.1) is 5.82 Å². The van der Waals surface area contributed by atoms with Gasteiger partial charge in [-0.25, -0.2) is 4.39 Å². The number of methoxy groups -OCH3 is 1. The molecule has 0 saturated heterocycles.